The van der Waals surface area contributed by atoms with E-state index in [9.17, 15) is 0 Å². The summed E-state index contributed by atoms with van der Waals surface area (Å²) >= 11 is 0. The first-order valence-corrected chi connectivity index (χ1v) is 5.60. The molecule has 0 atom stereocenters. The fourth-order valence-corrected chi connectivity index (χ4v) is 1.52. The van der Waals surface area contributed by atoms with E-state index in [0.717, 1.165) is 18.7 Å². The number of hydrogen-bond acceptors (Lipinski definition) is 3. The lowest BCUT2D eigenvalue weighted by molar-refractivity contribution is 0.416. The van der Waals surface area contributed by atoms with Crippen LogP contribution in [0.15, 0.2) is 18.2 Å². The van der Waals surface area contributed by atoms with Crippen molar-refractivity contribution in [3.8, 4) is 5.75 Å². The molecule has 1 rings (SSSR count). The van der Waals surface area contributed by atoms with Gasteiger partial charge in [-0.3, -0.25) is 0 Å². The monoisotopic (exact) mass is 222 g/mol. The van der Waals surface area contributed by atoms with E-state index in [-0.39, 0.29) is 5.54 Å². The molecular formula is C13H22N2O. The van der Waals surface area contributed by atoms with Crippen molar-refractivity contribution in [2.75, 3.05) is 19.4 Å². The summed E-state index contributed by atoms with van der Waals surface area (Å²) in [5.41, 5.74) is 7.94. The first-order valence-electron chi connectivity index (χ1n) is 5.60. The highest BCUT2D eigenvalue weighted by Gasteiger charge is 2.08. The topological polar surface area (TPSA) is 47.3 Å². The second-order valence-corrected chi connectivity index (χ2v) is 5.00. The van der Waals surface area contributed by atoms with Crippen molar-refractivity contribution in [1.29, 1.82) is 0 Å². The van der Waals surface area contributed by atoms with Gasteiger partial charge in [-0.25, -0.2) is 0 Å². The van der Waals surface area contributed by atoms with Gasteiger partial charge in [0.05, 0.1) is 12.8 Å². The Morgan fingerprint density at radius 3 is 2.50 bits per heavy atom. The Hall–Kier alpha value is -1.22. The van der Waals surface area contributed by atoms with Gasteiger partial charge in [-0.1, -0.05) is 6.07 Å². The molecule has 0 aliphatic heterocycles. The molecule has 1 aromatic rings. The molecule has 90 valence electrons. The van der Waals surface area contributed by atoms with Gasteiger partial charge in [0.25, 0.3) is 0 Å². The van der Waals surface area contributed by atoms with E-state index in [1.54, 1.807) is 7.11 Å². The summed E-state index contributed by atoms with van der Waals surface area (Å²) in [6.45, 7) is 7.44. The Labute approximate surface area is 98.0 Å². The third-order valence-corrected chi connectivity index (χ3v) is 2.36. The van der Waals surface area contributed by atoms with Crippen LogP contribution in [-0.4, -0.2) is 19.2 Å². The van der Waals surface area contributed by atoms with Gasteiger partial charge < -0.3 is 15.8 Å². The fourth-order valence-electron chi connectivity index (χ4n) is 1.52. The minimum Gasteiger partial charge on any atom is -0.495 e. The molecule has 0 unspecified atom stereocenters. The molecule has 3 N–H and O–H groups in total. The predicted octanol–water partition coefficient (Wildman–Crippen LogP) is 2.21. The lowest BCUT2D eigenvalue weighted by atomic mass is 10.1. The van der Waals surface area contributed by atoms with Gasteiger partial charge in [-0.15, -0.1) is 0 Å². The number of benzene rings is 1. The molecule has 3 heteroatoms. The maximum absolute atomic E-state index is 5.84. The molecule has 0 fully saturated rings. The summed E-state index contributed by atoms with van der Waals surface area (Å²) in [7, 11) is 1.63. The number of methoxy groups -OCH3 is 1. The molecule has 0 heterocycles. The first kappa shape index (κ1) is 12.8. The highest BCUT2D eigenvalue weighted by atomic mass is 16.5. The number of hydrogen-bond donors (Lipinski definition) is 2. The van der Waals surface area contributed by atoms with Crippen LogP contribution in [0.2, 0.25) is 0 Å². The summed E-state index contributed by atoms with van der Waals surface area (Å²) in [5, 5.41) is 3.45. The van der Waals surface area contributed by atoms with Crippen LogP contribution in [-0.2, 0) is 6.42 Å². The van der Waals surface area contributed by atoms with Crippen molar-refractivity contribution in [3.05, 3.63) is 23.8 Å². The second kappa shape index (κ2) is 5.21. The third kappa shape index (κ3) is 4.11. The van der Waals surface area contributed by atoms with Gasteiger partial charge >= 0.3 is 0 Å². The summed E-state index contributed by atoms with van der Waals surface area (Å²) < 4.78 is 5.12. The molecule has 0 saturated heterocycles. The Morgan fingerprint density at radius 1 is 1.31 bits per heavy atom. The van der Waals surface area contributed by atoms with Crippen molar-refractivity contribution < 1.29 is 4.74 Å². The SMILES string of the molecule is COc1ccc(CCNC(C)(C)C)cc1N. The normalized spacial score (nSPS) is 11.5. The predicted molar refractivity (Wildman–Crippen MR) is 68.9 cm³/mol. The van der Waals surface area contributed by atoms with E-state index in [0.29, 0.717) is 5.69 Å². The Kier molecular flexibility index (Phi) is 4.19. The van der Waals surface area contributed by atoms with E-state index in [4.69, 9.17) is 10.5 Å². The average molecular weight is 222 g/mol. The van der Waals surface area contributed by atoms with Gasteiger partial charge in [0, 0.05) is 5.54 Å². The number of anilines is 1. The average Bonchev–Trinajstić information content (AvgIpc) is 2.16. The van der Waals surface area contributed by atoms with Crippen LogP contribution in [0.3, 0.4) is 0 Å². The zero-order valence-electron chi connectivity index (χ0n) is 10.6. The summed E-state index contributed by atoms with van der Waals surface area (Å²) in [4.78, 5) is 0. The maximum Gasteiger partial charge on any atom is 0.141 e. The Balaban J connectivity index is 2.52. The van der Waals surface area contributed by atoms with Gasteiger partial charge in [0.2, 0.25) is 0 Å². The van der Waals surface area contributed by atoms with Crippen LogP contribution >= 0.6 is 0 Å². The highest BCUT2D eigenvalue weighted by molar-refractivity contribution is 5.54. The number of nitrogens with one attached hydrogen (secondary N) is 1. The molecule has 0 spiro atoms. The standard InChI is InChI=1S/C13H22N2O/c1-13(2,3)15-8-7-10-5-6-12(16-4)11(14)9-10/h5-6,9,15H,7-8,14H2,1-4H3. The van der Waals surface area contributed by atoms with Crippen LogP contribution in [0.25, 0.3) is 0 Å². The van der Waals surface area contributed by atoms with Gasteiger partial charge in [0.1, 0.15) is 5.75 Å². The quantitative estimate of drug-likeness (QED) is 0.768. The molecule has 0 bridgehead atoms. The number of nitrogen functional groups attached to an aromatic ring is 1. The van der Waals surface area contributed by atoms with Crippen molar-refractivity contribution in [1.82, 2.24) is 5.32 Å². The van der Waals surface area contributed by atoms with E-state index >= 15 is 0 Å². The highest BCUT2D eigenvalue weighted by Crippen LogP contribution is 2.21. The van der Waals surface area contributed by atoms with Crippen LogP contribution < -0.4 is 15.8 Å². The van der Waals surface area contributed by atoms with Gasteiger partial charge in [-0.05, 0) is 51.4 Å². The maximum atomic E-state index is 5.84. The van der Waals surface area contributed by atoms with Crippen LogP contribution in [0.5, 0.6) is 5.75 Å². The molecule has 3 nitrogen and oxygen atoms in total. The Bertz CT molecular complexity index is 342. The van der Waals surface area contributed by atoms with E-state index in [1.165, 1.54) is 5.56 Å². The van der Waals surface area contributed by atoms with Crippen LogP contribution in [0.4, 0.5) is 5.69 Å². The lowest BCUT2D eigenvalue weighted by Crippen LogP contribution is -2.37. The minimum absolute atomic E-state index is 0.165. The smallest absolute Gasteiger partial charge is 0.141 e. The zero-order chi connectivity index (χ0) is 12.2. The third-order valence-electron chi connectivity index (χ3n) is 2.36. The molecule has 0 saturated carbocycles. The van der Waals surface area contributed by atoms with Crippen LogP contribution in [0.1, 0.15) is 26.3 Å². The van der Waals surface area contributed by atoms with Crippen LogP contribution in [0, 0.1) is 0 Å². The molecule has 1 aromatic carbocycles. The van der Waals surface area contributed by atoms with Gasteiger partial charge in [0.15, 0.2) is 0 Å². The van der Waals surface area contributed by atoms with Crippen molar-refractivity contribution in [2.45, 2.75) is 32.7 Å². The summed E-state index contributed by atoms with van der Waals surface area (Å²) in [6.07, 6.45) is 0.978. The molecule has 0 aromatic heterocycles. The minimum atomic E-state index is 0.165. The Morgan fingerprint density at radius 2 is 2.00 bits per heavy atom. The van der Waals surface area contributed by atoms with E-state index in [1.807, 2.05) is 12.1 Å². The number of ether oxygens (including phenoxy) is 1. The van der Waals surface area contributed by atoms with E-state index in [2.05, 4.69) is 32.2 Å². The first-order chi connectivity index (χ1) is 7.42. The van der Waals surface area contributed by atoms with E-state index < -0.39 is 0 Å². The summed E-state index contributed by atoms with van der Waals surface area (Å²) in [5.74, 6) is 0.743. The molecule has 0 radical (unpaired) electrons. The second-order valence-electron chi connectivity index (χ2n) is 5.00. The van der Waals surface area contributed by atoms with Crippen molar-refractivity contribution >= 4 is 5.69 Å². The summed E-state index contributed by atoms with van der Waals surface area (Å²) in [6, 6.07) is 5.95. The van der Waals surface area contributed by atoms with Gasteiger partial charge in [-0.2, -0.15) is 0 Å². The molecule has 0 aliphatic rings. The zero-order valence-corrected chi connectivity index (χ0v) is 10.6. The lowest BCUT2D eigenvalue weighted by Gasteiger charge is -2.20. The molecule has 0 amide bonds. The van der Waals surface area contributed by atoms with Crippen molar-refractivity contribution in [3.63, 3.8) is 0 Å². The molecular weight excluding hydrogens is 200 g/mol. The largest absolute Gasteiger partial charge is 0.495 e. The number of nitrogens with two attached hydrogens (primary N) is 1. The number of rotatable bonds is 4. The molecule has 0 aliphatic carbocycles. The molecule has 16 heavy (non-hydrogen) atoms. The fraction of sp³-hybridized carbons (Fsp3) is 0.538. The van der Waals surface area contributed by atoms with Crippen molar-refractivity contribution in [2.24, 2.45) is 0 Å².